The van der Waals surface area contributed by atoms with Crippen LogP contribution in [0.5, 0.6) is 0 Å². The highest BCUT2D eigenvalue weighted by Gasteiger charge is 2.11. The van der Waals surface area contributed by atoms with E-state index in [2.05, 4.69) is 20.5 Å². The van der Waals surface area contributed by atoms with E-state index in [1.165, 1.54) is 0 Å². The lowest BCUT2D eigenvalue weighted by atomic mass is 10.2. The van der Waals surface area contributed by atoms with Crippen molar-refractivity contribution in [3.05, 3.63) is 46.5 Å². The van der Waals surface area contributed by atoms with Gasteiger partial charge in [0.15, 0.2) is 0 Å². The standard InChI is InChI=1S/C13H15ClN4O/c1-2-4-11-16-12(18-17-11)13(19)15-8-9-5-3-6-10(14)7-9/h3,5-7H,2,4,8H2,1H3,(H,15,19)(H,16,17,18). The average Bonchev–Trinajstić information content (AvgIpc) is 2.85. The molecule has 0 spiro atoms. The molecule has 0 atom stereocenters. The van der Waals surface area contributed by atoms with Crippen molar-refractivity contribution in [2.75, 3.05) is 0 Å². The molecule has 0 fully saturated rings. The minimum atomic E-state index is -0.293. The van der Waals surface area contributed by atoms with Crippen molar-refractivity contribution >= 4 is 17.5 Å². The second-order valence-electron chi connectivity index (χ2n) is 4.17. The molecule has 0 saturated heterocycles. The first-order valence-electron chi connectivity index (χ1n) is 6.13. The zero-order chi connectivity index (χ0) is 13.7. The number of hydrogen-bond donors (Lipinski definition) is 2. The lowest BCUT2D eigenvalue weighted by Crippen LogP contribution is -2.24. The number of benzene rings is 1. The number of nitrogens with zero attached hydrogens (tertiary/aromatic N) is 2. The van der Waals surface area contributed by atoms with Gasteiger partial charge in [0.2, 0.25) is 5.82 Å². The highest BCUT2D eigenvalue weighted by Crippen LogP contribution is 2.10. The number of nitrogens with one attached hydrogen (secondary N) is 2. The minimum Gasteiger partial charge on any atom is -0.345 e. The van der Waals surface area contributed by atoms with E-state index < -0.39 is 0 Å². The van der Waals surface area contributed by atoms with Crippen LogP contribution in [0, 0.1) is 0 Å². The number of aromatic amines is 1. The largest absolute Gasteiger partial charge is 0.345 e. The SMILES string of the molecule is CCCc1nc(C(=O)NCc2cccc(Cl)c2)n[nH]1. The van der Waals surface area contributed by atoms with Gasteiger partial charge in [0.05, 0.1) is 0 Å². The van der Waals surface area contributed by atoms with Crippen molar-refractivity contribution in [1.29, 1.82) is 0 Å². The Kier molecular flexibility index (Phi) is 4.52. The number of rotatable bonds is 5. The van der Waals surface area contributed by atoms with Crippen molar-refractivity contribution in [2.45, 2.75) is 26.3 Å². The van der Waals surface area contributed by atoms with Crippen molar-refractivity contribution in [3.8, 4) is 0 Å². The van der Waals surface area contributed by atoms with Gasteiger partial charge in [-0.3, -0.25) is 9.89 Å². The first-order chi connectivity index (χ1) is 9.19. The van der Waals surface area contributed by atoms with Gasteiger partial charge >= 0.3 is 0 Å². The fourth-order valence-corrected chi connectivity index (χ4v) is 1.87. The molecule has 100 valence electrons. The Morgan fingerprint density at radius 3 is 3.05 bits per heavy atom. The summed E-state index contributed by atoms with van der Waals surface area (Å²) in [5.74, 6) is 0.611. The second-order valence-corrected chi connectivity index (χ2v) is 4.60. The molecule has 1 aromatic heterocycles. The van der Waals surface area contributed by atoms with Gasteiger partial charge in [-0.15, -0.1) is 5.10 Å². The molecule has 19 heavy (non-hydrogen) atoms. The van der Waals surface area contributed by atoms with E-state index >= 15 is 0 Å². The van der Waals surface area contributed by atoms with E-state index in [9.17, 15) is 4.79 Å². The van der Waals surface area contributed by atoms with Crippen LogP contribution in [0.2, 0.25) is 5.02 Å². The van der Waals surface area contributed by atoms with E-state index in [1.807, 2.05) is 25.1 Å². The Morgan fingerprint density at radius 2 is 2.32 bits per heavy atom. The summed E-state index contributed by atoms with van der Waals surface area (Å²) in [6, 6.07) is 7.34. The van der Waals surface area contributed by atoms with Gasteiger partial charge in [0, 0.05) is 18.0 Å². The van der Waals surface area contributed by atoms with Crippen LogP contribution in [0.25, 0.3) is 0 Å². The number of aromatic nitrogens is 3. The fourth-order valence-electron chi connectivity index (χ4n) is 1.65. The number of carbonyl (C=O) groups is 1. The maximum Gasteiger partial charge on any atom is 0.291 e. The predicted molar refractivity (Wildman–Crippen MR) is 73.0 cm³/mol. The molecule has 0 aliphatic rings. The highest BCUT2D eigenvalue weighted by molar-refractivity contribution is 6.30. The number of hydrogen-bond acceptors (Lipinski definition) is 3. The molecular formula is C13H15ClN4O. The smallest absolute Gasteiger partial charge is 0.291 e. The summed E-state index contributed by atoms with van der Waals surface area (Å²) in [6.07, 6.45) is 1.74. The number of carbonyl (C=O) groups excluding carboxylic acids is 1. The van der Waals surface area contributed by atoms with Gasteiger partial charge in [-0.2, -0.15) is 0 Å². The first kappa shape index (κ1) is 13.5. The molecule has 0 unspecified atom stereocenters. The molecule has 1 aromatic carbocycles. The van der Waals surface area contributed by atoms with E-state index in [0.717, 1.165) is 24.2 Å². The molecule has 0 aliphatic carbocycles. The lowest BCUT2D eigenvalue weighted by Gasteiger charge is -2.03. The highest BCUT2D eigenvalue weighted by atomic mass is 35.5. The quantitative estimate of drug-likeness (QED) is 0.882. The molecule has 0 bridgehead atoms. The third-order valence-corrected chi connectivity index (χ3v) is 2.80. The second kappa shape index (κ2) is 6.33. The van der Waals surface area contributed by atoms with Crippen LogP contribution in [0.3, 0.4) is 0 Å². The van der Waals surface area contributed by atoms with E-state index in [-0.39, 0.29) is 11.7 Å². The first-order valence-corrected chi connectivity index (χ1v) is 6.50. The van der Waals surface area contributed by atoms with Crippen LogP contribution in [-0.2, 0) is 13.0 Å². The minimum absolute atomic E-state index is 0.172. The Bertz CT molecular complexity index is 567. The molecule has 1 heterocycles. The molecule has 5 nitrogen and oxygen atoms in total. The summed E-state index contributed by atoms with van der Waals surface area (Å²) in [5, 5.41) is 10.0. The molecule has 0 aliphatic heterocycles. The number of amides is 1. The van der Waals surface area contributed by atoms with E-state index in [1.54, 1.807) is 6.07 Å². The Balaban J connectivity index is 1.93. The van der Waals surface area contributed by atoms with Crippen molar-refractivity contribution in [2.24, 2.45) is 0 Å². The van der Waals surface area contributed by atoms with Gasteiger partial charge in [-0.25, -0.2) is 4.98 Å². The molecule has 2 N–H and O–H groups in total. The maximum atomic E-state index is 11.8. The normalized spacial score (nSPS) is 10.4. The zero-order valence-corrected chi connectivity index (χ0v) is 11.4. The monoisotopic (exact) mass is 278 g/mol. The lowest BCUT2D eigenvalue weighted by molar-refractivity contribution is 0.0941. The molecular weight excluding hydrogens is 264 g/mol. The van der Waals surface area contributed by atoms with Gasteiger partial charge in [-0.05, 0) is 24.1 Å². The summed E-state index contributed by atoms with van der Waals surface area (Å²) in [5.41, 5.74) is 0.935. The Morgan fingerprint density at radius 1 is 1.47 bits per heavy atom. The maximum absolute atomic E-state index is 11.8. The van der Waals surface area contributed by atoms with Gasteiger partial charge in [0.25, 0.3) is 5.91 Å². The third-order valence-electron chi connectivity index (χ3n) is 2.56. The predicted octanol–water partition coefficient (Wildman–Crippen LogP) is 2.34. The Labute approximate surface area is 116 Å². The topological polar surface area (TPSA) is 70.7 Å². The Hall–Kier alpha value is -1.88. The summed E-state index contributed by atoms with van der Waals surface area (Å²) < 4.78 is 0. The van der Waals surface area contributed by atoms with Crippen LogP contribution < -0.4 is 5.32 Å². The third kappa shape index (κ3) is 3.79. The van der Waals surface area contributed by atoms with Crippen molar-refractivity contribution < 1.29 is 4.79 Å². The molecule has 6 heteroatoms. The molecule has 2 rings (SSSR count). The van der Waals surface area contributed by atoms with Crippen LogP contribution in [0.1, 0.15) is 35.4 Å². The van der Waals surface area contributed by atoms with Crippen molar-refractivity contribution in [1.82, 2.24) is 20.5 Å². The van der Waals surface area contributed by atoms with Crippen molar-refractivity contribution in [3.63, 3.8) is 0 Å². The number of aryl methyl sites for hydroxylation is 1. The zero-order valence-electron chi connectivity index (χ0n) is 10.6. The van der Waals surface area contributed by atoms with Gasteiger partial charge < -0.3 is 5.32 Å². The van der Waals surface area contributed by atoms with Crippen LogP contribution in [0.15, 0.2) is 24.3 Å². The molecule has 0 saturated carbocycles. The van der Waals surface area contributed by atoms with E-state index in [4.69, 9.17) is 11.6 Å². The number of halogens is 1. The van der Waals surface area contributed by atoms with Crippen LogP contribution in [0.4, 0.5) is 0 Å². The van der Waals surface area contributed by atoms with Crippen LogP contribution in [-0.4, -0.2) is 21.1 Å². The fraction of sp³-hybridized carbons (Fsp3) is 0.308. The molecule has 1 amide bonds. The van der Waals surface area contributed by atoms with E-state index in [0.29, 0.717) is 11.6 Å². The average molecular weight is 279 g/mol. The molecule has 0 radical (unpaired) electrons. The van der Waals surface area contributed by atoms with Gasteiger partial charge in [0.1, 0.15) is 5.82 Å². The summed E-state index contributed by atoms with van der Waals surface area (Å²) in [7, 11) is 0. The summed E-state index contributed by atoms with van der Waals surface area (Å²) in [4.78, 5) is 16.0. The molecule has 2 aromatic rings. The summed E-state index contributed by atoms with van der Waals surface area (Å²) >= 11 is 5.87. The van der Waals surface area contributed by atoms with Crippen LogP contribution >= 0.6 is 11.6 Å². The summed E-state index contributed by atoms with van der Waals surface area (Å²) in [6.45, 7) is 2.44. The number of H-pyrrole nitrogens is 1. The van der Waals surface area contributed by atoms with Gasteiger partial charge in [-0.1, -0.05) is 30.7 Å².